The molecule has 1 aliphatic heterocycles. The maximum atomic E-state index is 13.1. The van der Waals surface area contributed by atoms with Gasteiger partial charge < -0.3 is 15.0 Å². The standard InChI is InChI=1S/C23H30N2O2/c1-23(2,3)18-11-9-16(10-12-18)22(26)25(4)20-14-17-8-6-7-13-24-19(17)15-21(20)27-5/h9-12,14-15,24H,6-8,13H2,1-5H3. The lowest BCUT2D eigenvalue weighted by Gasteiger charge is -2.23. The lowest BCUT2D eigenvalue weighted by molar-refractivity contribution is 0.0992. The maximum absolute atomic E-state index is 13.1. The van der Waals surface area contributed by atoms with Crippen LogP contribution >= 0.6 is 0 Å². The van der Waals surface area contributed by atoms with Gasteiger partial charge in [0.2, 0.25) is 0 Å². The number of aryl methyl sites for hydroxylation is 1. The van der Waals surface area contributed by atoms with Crippen LogP contribution in [0, 0.1) is 0 Å². The van der Waals surface area contributed by atoms with E-state index in [0.29, 0.717) is 11.3 Å². The average Bonchev–Trinajstić information content (AvgIpc) is 2.89. The topological polar surface area (TPSA) is 41.6 Å². The van der Waals surface area contributed by atoms with Gasteiger partial charge in [0.25, 0.3) is 5.91 Å². The molecule has 0 saturated heterocycles. The molecular weight excluding hydrogens is 336 g/mol. The number of carbonyl (C=O) groups excluding carboxylic acids is 1. The Labute approximate surface area is 162 Å². The van der Waals surface area contributed by atoms with E-state index in [9.17, 15) is 4.79 Å². The molecule has 0 fully saturated rings. The number of benzene rings is 2. The molecule has 0 radical (unpaired) electrons. The van der Waals surface area contributed by atoms with E-state index >= 15 is 0 Å². The number of carbonyl (C=O) groups is 1. The zero-order valence-electron chi connectivity index (χ0n) is 17.1. The molecular formula is C23H30N2O2. The van der Waals surface area contributed by atoms with E-state index in [2.05, 4.69) is 32.2 Å². The molecule has 144 valence electrons. The highest BCUT2D eigenvalue weighted by Crippen LogP contribution is 2.36. The smallest absolute Gasteiger partial charge is 0.258 e. The molecule has 3 rings (SSSR count). The summed E-state index contributed by atoms with van der Waals surface area (Å²) in [6.45, 7) is 7.49. The molecule has 0 aromatic heterocycles. The second-order valence-corrected chi connectivity index (χ2v) is 8.26. The molecule has 4 heteroatoms. The van der Waals surface area contributed by atoms with Crippen LogP contribution in [-0.2, 0) is 11.8 Å². The predicted octanol–water partition coefficient (Wildman–Crippen LogP) is 5.02. The van der Waals surface area contributed by atoms with Crippen LogP contribution in [0.2, 0.25) is 0 Å². The average molecular weight is 367 g/mol. The van der Waals surface area contributed by atoms with Gasteiger partial charge in [-0.15, -0.1) is 0 Å². The lowest BCUT2D eigenvalue weighted by atomic mass is 9.86. The Morgan fingerprint density at radius 3 is 2.44 bits per heavy atom. The summed E-state index contributed by atoms with van der Waals surface area (Å²) >= 11 is 0. The van der Waals surface area contributed by atoms with E-state index in [1.54, 1.807) is 12.0 Å². The molecule has 2 aromatic rings. The van der Waals surface area contributed by atoms with Crippen molar-refractivity contribution in [1.29, 1.82) is 0 Å². The van der Waals surface area contributed by atoms with E-state index in [4.69, 9.17) is 4.74 Å². The Morgan fingerprint density at radius 1 is 1.11 bits per heavy atom. The fourth-order valence-corrected chi connectivity index (χ4v) is 3.49. The van der Waals surface area contributed by atoms with E-state index in [1.165, 1.54) is 11.1 Å². The Bertz CT molecular complexity index is 820. The predicted molar refractivity (Wildman–Crippen MR) is 112 cm³/mol. The van der Waals surface area contributed by atoms with Crippen molar-refractivity contribution in [2.24, 2.45) is 0 Å². The van der Waals surface area contributed by atoms with Crippen molar-refractivity contribution in [3.8, 4) is 5.75 Å². The molecule has 1 amide bonds. The highest BCUT2D eigenvalue weighted by atomic mass is 16.5. The van der Waals surface area contributed by atoms with Gasteiger partial charge in [-0.05, 0) is 54.0 Å². The first-order chi connectivity index (χ1) is 12.8. The number of amides is 1. The Balaban J connectivity index is 1.91. The number of anilines is 2. The third-order valence-electron chi connectivity index (χ3n) is 5.26. The highest BCUT2D eigenvalue weighted by Gasteiger charge is 2.21. The maximum Gasteiger partial charge on any atom is 0.258 e. The van der Waals surface area contributed by atoms with Gasteiger partial charge in [-0.3, -0.25) is 4.79 Å². The van der Waals surface area contributed by atoms with Gasteiger partial charge in [-0.2, -0.15) is 0 Å². The van der Waals surface area contributed by atoms with Crippen molar-refractivity contribution in [2.75, 3.05) is 30.9 Å². The van der Waals surface area contributed by atoms with Gasteiger partial charge in [0, 0.05) is 30.9 Å². The van der Waals surface area contributed by atoms with Crippen LogP contribution in [0.1, 0.15) is 55.1 Å². The van der Waals surface area contributed by atoms with Crippen LogP contribution in [0.25, 0.3) is 0 Å². The minimum Gasteiger partial charge on any atom is -0.494 e. The number of hydrogen-bond acceptors (Lipinski definition) is 3. The number of hydrogen-bond donors (Lipinski definition) is 1. The molecule has 0 unspecified atom stereocenters. The normalized spacial score (nSPS) is 14.0. The molecule has 27 heavy (non-hydrogen) atoms. The second-order valence-electron chi connectivity index (χ2n) is 8.26. The molecule has 1 aliphatic rings. The van der Waals surface area contributed by atoms with Crippen molar-refractivity contribution < 1.29 is 9.53 Å². The molecule has 1 heterocycles. The third kappa shape index (κ3) is 4.10. The zero-order valence-corrected chi connectivity index (χ0v) is 17.1. The monoisotopic (exact) mass is 366 g/mol. The van der Waals surface area contributed by atoms with Crippen LogP contribution in [0.5, 0.6) is 5.75 Å². The van der Waals surface area contributed by atoms with E-state index in [1.807, 2.05) is 37.4 Å². The number of ether oxygens (including phenoxy) is 1. The summed E-state index contributed by atoms with van der Waals surface area (Å²) in [5, 5.41) is 3.46. The van der Waals surface area contributed by atoms with E-state index in [-0.39, 0.29) is 11.3 Å². The summed E-state index contributed by atoms with van der Waals surface area (Å²) in [6, 6.07) is 12.0. The summed E-state index contributed by atoms with van der Waals surface area (Å²) in [7, 11) is 3.47. The molecule has 0 spiro atoms. The summed E-state index contributed by atoms with van der Waals surface area (Å²) in [5.74, 6) is 0.681. The molecule has 0 bridgehead atoms. The molecule has 4 nitrogen and oxygen atoms in total. The van der Waals surface area contributed by atoms with E-state index < -0.39 is 0 Å². The van der Waals surface area contributed by atoms with E-state index in [0.717, 1.165) is 37.2 Å². The first kappa shape index (κ1) is 19.3. The largest absolute Gasteiger partial charge is 0.494 e. The Morgan fingerprint density at radius 2 is 1.81 bits per heavy atom. The highest BCUT2D eigenvalue weighted by molar-refractivity contribution is 6.06. The molecule has 2 aromatic carbocycles. The fraction of sp³-hybridized carbons (Fsp3) is 0.435. The van der Waals surface area contributed by atoms with Gasteiger partial charge in [-0.25, -0.2) is 0 Å². The van der Waals surface area contributed by atoms with Crippen LogP contribution in [0.15, 0.2) is 36.4 Å². The van der Waals surface area contributed by atoms with Crippen molar-refractivity contribution in [3.63, 3.8) is 0 Å². The van der Waals surface area contributed by atoms with Crippen molar-refractivity contribution in [1.82, 2.24) is 0 Å². The van der Waals surface area contributed by atoms with Crippen molar-refractivity contribution >= 4 is 17.3 Å². The fourth-order valence-electron chi connectivity index (χ4n) is 3.49. The molecule has 1 N–H and O–H groups in total. The van der Waals surface area contributed by atoms with Crippen molar-refractivity contribution in [3.05, 3.63) is 53.1 Å². The van der Waals surface area contributed by atoms with Gasteiger partial charge in [0.15, 0.2) is 0 Å². The summed E-state index contributed by atoms with van der Waals surface area (Å²) in [5.41, 5.74) is 5.14. The molecule has 0 atom stereocenters. The number of fused-ring (bicyclic) bond motifs is 1. The minimum atomic E-state index is -0.0321. The first-order valence-corrected chi connectivity index (χ1v) is 9.64. The number of nitrogens with one attached hydrogen (secondary N) is 1. The Kier molecular flexibility index (Phi) is 5.45. The van der Waals surface area contributed by atoms with Crippen LogP contribution in [0.4, 0.5) is 11.4 Å². The molecule has 0 saturated carbocycles. The van der Waals surface area contributed by atoms with Crippen LogP contribution < -0.4 is 15.0 Å². The summed E-state index contributed by atoms with van der Waals surface area (Å²) in [4.78, 5) is 14.8. The Hall–Kier alpha value is -2.49. The van der Waals surface area contributed by atoms with Gasteiger partial charge in [0.05, 0.1) is 12.8 Å². The van der Waals surface area contributed by atoms with Crippen molar-refractivity contribution in [2.45, 2.75) is 45.4 Å². The minimum absolute atomic E-state index is 0.0321. The quantitative estimate of drug-likeness (QED) is 0.829. The second kappa shape index (κ2) is 7.63. The van der Waals surface area contributed by atoms with Gasteiger partial charge in [0.1, 0.15) is 5.75 Å². The SMILES string of the molecule is COc1cc2c(cc1N(C)C(=O)c1ccc(C(C)(C)C)cc1)CCCCN2. The number of nitrogens with zero attached hydrogens (tertiary/aromatic N) is 1. The first-order valence-electron chi connectivity index (χ1n) is 9.64. The summed E-state index contributed by atoms with van der Waals surface area (Å²) in [6.07, 6.45) is 3.32. The summed E-state index contributed by atoms with van der Waals surface area (Å²) < 4.78 is 5.59. The number of methoxy groups -OCH3 is 1. The van der Waals surface area contributed by atoms with Crippen LogP contribution in [0.3, 0.4) is 0 Å². The van der Waals surface area contributed by atoms with Crippen LogP contribution in [-0.4, -0.2) is 26.6 Å². The van der Waals surface area contributed by atoms with Gasteiger partial charge in [-0.1, -0.05) is 32.9 Å². The molecule has 0 aliphatic carbocycles. The number of rotatable bonds is 3. The lowest BCUT2D eigenvalue weighted by Crippen LogP contribution is -2.27. The van der Waals surface area contributed by atoms with Gasteiger partial charge >= 0.3 is 0 Å². The zero-order chi connectivity index (χ0) is 19.6. The third-order valence-corrected chi connectivity index (χ3v) is 5.26.